The minimum atomic E-state index is -3.22. The highest BCUT2D eigenvalue weighted by atomic mass is 32.2. The van der Waals surface area contributed by atoms with Crippen LogP contribution in [-0.2, 0) is 10.0 Å². The zero-order chi connectivity index (χ0) is 14.0. The molecule has 2 unspecified atom stereocenters. The highest BCUT2D eigenvalue weighted by Crippen LogP contribution is 2.37. The Morgan fingerprint density at radius 2 is 1.89 bits per heavy atom. The van der Waals surface area contributed by atoms with Crippen molar-refractivity contribution in [3.8, 4) is 0 Å². The van der Waals surface area contributed by atoms with Crippen LogP contribution in [0.15, 0.2) is 0 Å². The van der Waals surface area contributed by atoms with E-state index < -0.39 is 15.3 Å². The molecule has 0 saturated heterocycles. The van der Waals surface area contributed by atoms with Gasteiger partial charge in [0, 0.05) is 18.6 Å². The van der Waals surface area contributed by atoms with Crippen molar-refractivity contribution in [3.63, 3.8) is 0 Å². The highest BCUT2D eigenvalue weighted by Gasteiger charge is 2.37. The highest BCUT2D eigenvalue weighted by molar-refractivity contribution is 7.90. The minimum absolute atomic E-state index is 0.0816. The van der Waals surface area contributed by atoms with Gasteiger partial charge >= 0.3 is 0 Å². The Labute approximate surface area is 112 Å². The van der Waals surface area contributed by atoms with Gasteiger partial charge in [-0.15, -0.1) is 0 Å². The average Bonchev–Trinajstić information content (AvgIpc) is 2.54. The fraction of sp³-hybridized carbons (Fsp3) is 1.00. The maximum atomic E-state index is 12.2. The van der Waals surface area contributed by atoms with Crippen molar-refractivity contribution >= 4 is 10.0 Å². The molecule has 1 rings (SSSR count). The lowest BCUT2D eigenvalue weighted by Gasteiger charge is -2.29. The Balaban J connectivity index is 2.59. The van der Waals surface area contributed by atoms with E-state index in [2.05, 4.69) is 23.9 Å². The molecule has 0 spiro atoms. The molecule has 1 fully saturated rings. The van der Waals surface area contributed by atoms with Crippen LogP contribution in [0.2, 0.25) is 0 Å². The second-order valence-electron chi connectivity index (χ2n) is 6.47. The van der Waals surface area contributed by atoms with Crippen LogP contribution in [0.5, 0.6) is 0 Å². The molecule has 0 aliphatic heterocycles. The molecule has 108 valence electrons. The summed E-state index contributed by atoms with van der Waals surface area (Å²) in [4.78, 5) is 0. The van der Waals surface area contributed by atoms with E-state index in [9.17, 15) is 8.42 Å². The average molecular weight is 276 g/mol. The van der Waals surface area contributed by atoms with Crippen LogP contribution in [0.4, 0.5) is 0 Å². The zero-order valence-corrected chi connectivity index (χ0v) is 13.1. The molecule has 18 heavy (non-hydrogen) atoms. The van der Waals surface area contributed by atoms with Crippen molar-refractivity contribution in [1.82, 2.24) is 10.0 Å². The maximum Gasteiger partial charge on any atom is 0.215 e. The predicted molar refractivity (Wildman–Crippen MR) is 76.1 cm³/mol. The van der Waals surface area contributed by atoms with Crippen molar-refractivity contribution in [2.75, 3.05) is 6.54 Å². The van der Waals surface area contributed by atoms with Gasteiger partial charge in [0.1, 0.15) is 0 Å². The summed E-state index contributed by atoms with van der Waals surface area (Å²) in [6.45, 7) is 10.6. The molecule has 0 aromatic rings. The van der Waals surface area contributed by atoms with Crippen molar-refractivity contribution in [2.45, 2.75) is 71.2 Å². The smallest absolute Gasteiger partial charge is 0.215 e. The summed E-state index contributed by atoms with van der Waals surface area (Å²) in [6, 6.07) is 0.398. The number of rotatable bonds is 6. The summed E-state index contributed by atoms with van der Waals surface area (Å²) < 4.78 is 27.4. The van der Waals surface area contributed by atoms with Crippen molar-refractivity contribution < 1.29 is 8.42 Å². The summed E-state index contributed by atoms with van der Waals surface area (Å²) >= 11 is 0. The first-order valence-electron chi connectivity index (χ1n) is 6.89. The summed E-state index contributed by atoms with van der Waals surface area (Å²) in [5, 5.41) is 2.79. The first kappa shape index (κ1) is 15.9. The van der Waals surface area contributed by atoms with E-state index in [1.165, 1.54) is 0 Å². The van der Waals surface area contributed by atoms with Crippen molar-refractivity contribution in [2.24, 2.45) is 5.41 Å². The third kappa shape index (κ3) is 4.21. The van der Waals surface area contributed by atoms with Gasteiger partial charge in [0.05, 0.1) is 5.25 Å². The summed E-state index contributed by atoms with van der Waals surface area (Å²) in [7, 11) is -3.22. The van der Waals surface area contributed by atoms with Crippen LogP contribution < -0.4 is 10.0 Å². The van der Waals surface area contributed by atoms with Crippen LogP contribution in [0.1, 0.15) is 53.9 Å². The van der Waals surface area contributed by atoms with Gasteiger partial charge in [0.15, 0.2) is 0 Å². The zero-order valence-electron chi connectivity index (χ0n) is 12.3. The van der Waals surface area contributed by atoms with Gasteiger partial charge in [-0.25, -0.2) is 13.1 Å². The largest absolute Gasteiger partial charge is 0.313 e. The van der Waals surface area contributed by atoms with E-state index >= 15 is 0 Å². The standard InChI is InChI=1S/C13H28N2O2S/c1-10(2)14-9-11(3)18(16,17)15-12-7-6-8-13(12,4)5/h10-12,14-15H,6-9H2,1-5H3. The third-order valence-electron chi connectivity index (χ3n) is 3.91. The van der Waals surface area contributed by atoms with Crippen molar-refractivity contribution in [3.05, 3.63) is 0 Å². The topological polar surface area (TPSA) is 58.2 Å². The summed E-state index contributed by atoms with van der Waals surface area (Å²) in [6.07, 6.45) is 3.16. The van der Waals surface area contributed by atoms with Gasteiger partial charge in [-0.05, 0) is 25.2 Å². The quantitative estimate of drug-likeness (QED) is 0.778. The van der Waals surface area contributed by atoms with Crippen LogP contribution in [0.25, 0.3) is 0 Å². The van der Waals surface area contributed by atoms with Gasteiger partial charge in [0.2, 0.25) is 10.0 Å². The summed E-state index contributed by atoms with van der Waals surface area (Å²) in [5.74, 6) is 0. The molecule has 0 bridgehead atoms. The second kappa shape index (κ2) is 5.88. The molecule has 0 aromatic carbocycles. The Morgan fingerprint density at radius 3 is 2.33 bits per heavy atom. The number of sulfonamides is 1. The molecule has 0 radical (unpaired) electrons. The van der Waals surface area contributed by atoms with Crippen LogP contribution in [-0.4, -0.2) is 32.3 Å². The first-order valence-corrected chi connectivity index (χ1v) is 8.44. The normalized spacial score (nSPS) is 25.6. The Morgan fingerprint density at radius 1 is 1.28 bits per heavy atom. The lowest BCUT2D eigenvalue weighted by molar-refractivity contribution is 0.312. The van der Waals surface area contributed by atoms with Crippen LogP contribution >= 0.6 is 0 Å². The van der Waals surface area contributed by atoms with Gasteiger partial charge in [-0.3, -0.25) is 0 Å². The van der Waals surface area contributed by atoms with E-state index in [0.717, 1.165) is 19.3 Å². The van der Waals surface area contributed by atoms with Gasteiger partial charge in [-0.2, -0.15) is 0 Å². The Hall–Kier alpha value is -0.130. The van der Waals surface area contributed by atoms with Gasteiger partial charge < -0.3 is 5.32 Å². The fourth-order valence-corrected chi connectivity index (χ4v) is 3.75. The first-order chi connectivity index (χ1) is 8.15. The fourth-order valence-electron chi connectivity index (χ4n) is 2.37. The molecular weight excluding hydrogens is 248 g/mol. The molecule has 0 aromatic heterocycles. The lowest BCUT2D eigenvalue weighted by Crippen LogP contribution is -2.47. The molecule has 1 saturated carbocycles. The molecule has 1 aliphatic carbocycles. The van der Waals surface area contributed by atoms with E-state index in [0.29, 0.717) is 12.6 Å². The molecule has 0 heterocycles. The maximum absolute atomic E-state index is 12.2. The predicted octanol–water partition coefficient (Wildman–Crippen LogP) is 1.87. The van der Waals surface area contributed by atoms with Crippen molar-refractivity contribution in [1.29, 1.82) is 0 Å². The number of hydrogen-bond acceptors (Lipinski definition) is 3. The molecule has 1 aliphatic rings. The molecule has 0 amide bonds. The SMILES string of the molecule is CC(C)NCC(C)S(=O)(=O)NC1CCCC1(C)C. The molecule has 2 N–H and O–H groups in total. The number of nitrogens with one attached hydrogen (secondary N) is 2. The third-order valence-corrected chi connectivity index (χ3v) is 5.75. The number of hydrogen-bond donors (Lipinski definition) is 2. The lowest BCUT2D eigenvalue weighted by atomic mass is 9.88. The molecule has 4 nitrogen and oxygen atoms in total. The Bertz CT molecular complexity index is 363. The molecule has 2 atom stereocenters. The van der Waals surface area contributed by atoms with E-state index in [4.69, 9.17) is 0 Å². The molecule has 5 heteroatoms. The van der Waals surface area contributed by atoms with E-state index in [1.54, 1.807) is 6.92 Å². The van der Waals surface area contributed by atoms with E-state index in [1.807, 2.05) is 13.8 Å². The minimum Gasteiger partial charge on any atom is -0.313 e. The van der Waals surface area contributed by atoms with Gasteiger partial charge in [-0.1, -0.05) is 34.1 Å². The monoisotopic (exact) mass is 276 g/mol. The Kier molecular flexibility index (Phi) is 5.21. The summed E-state index contributed by atoms with van der Waals surface area (Å²) in [5.41, 5.74) is 0.0816. The van der Waals surface area contributed by atoms with Crippen LogP contribution in [0, 0.1) is 5.41 Å². The van der Waals surface area contributed by atoms with Crippen LogP contribution in [0.3, 0.4) is 0 Å². The van der Waals surface area contributed by atoms with Gasteiger partial charge in [0.25, 0.3) is 0 Å². The van der Waals surface area contributed by atoms with E-state index in [-0.39, 0.29) is 11.5 Å². The second-order valence-corrected chi connectivity index (χ2v) is 8.60. The molecular formula is C13H28N2O2S.